The van der Waals surface area contributed by atoms with Gasteiger partial charge in [-0.1, -0.05) is 0 Å². The number of hydrogen-bond acceptors (Lipinski definition) is 4. The molecule has 0 saturated heterocycles. The van der Waals surface area contributed by atoms with Crippen molar-refractivity contribution in [1.29, 1.82) is 0 Å². The van der Waals surface area contributed by atoms with E-state index in [4.69, 9.17) is 4.74 Å². The van der Waals surface area contributed by atoms with Gasteiger partial charge in [-0.15, -0.1) is 0 Å². The van der Waals surface area contributed by atoms with Gasteiger partial charge in [0, 0.05) is 24.9 Å². The monoisotopic (exact) mass is 404 g/mol. The minimum atomic E-state index is -4.84. The van der Waals surface area contributed by atoms with Crippen LogP contribution >= 0.6 is 0 Å². The van der Waals surface area contributed by atoms with Crippen molar-refractivity contribution in [3.8, 4) is 5.88 Å². The predicted molar refractivity (Wildman–Crippen MR) is 87.4 cm³/mol. The topological polar surface area (TPSA) is 68.3 Å². The molecule has 2 aromatic rings. The average molecular weight is 404 g/mol. The number of nitrogens with one attached hydrogen (secondary N) is 1. The lowest BCUT2D eigenvalue weighted by Gasteiger charge is -2.13. The number of hydrogen-bond donors (Lipinski definition) is 1. The highest BCUT2D eigenvalue weighted by molar-refractivity contribution is 7.89. The molecule has 1 aliphatic carbocycles. The maximum Gasteiger partial charge on any atom is 0.246 e. The van der Waals surface area contributed by atoms with Gasteiger partial charge in [0.15, 0.2) is 28.2 Å². The van der Waals surface area contributed by atoms with Crippen LogP contribution in [0.25, 0.3) is 0 Å². The molecule has 5 nitrogen and oxygen atoms in total. The first kappa shape index (κ1) is 19.6. The Labute approximate surface area is 153 Å². The van der Waals surface area contributed by atoms with Crippen molar-refractivity contribution in [1.82, 2.24) is 9.71 Å². The fourth-order valence-corrected chi connectivity index (χ4v) is 4.01. The van der Waals surface area contributed by atoms with Gasteiger partial charge in [-0.05, 0) is 37.3 Å². The first-order chi connectivity index (χ1) is 12.8. The number of nitrogens with zero attached hydrogens (tertiary/aromatic N) is 1. The van der Waals surface area contributed by atoms with Crippen LogP contribution in [-0.4, -0.2) is 19.5 Å². The van der Waals surface area contributed by atoms with Crippen molar-refractivity contribution >= 4 is 10.0 Å². The minimum absolute atomic E-state index is 0.0444. The third kappa shape index (κ3) is 4.38. The van der Waals surface area contributed by atoms with Gasteiger partial charge in [0.2, 0.25) is 15.9 Å². The second kappa shape index (κ2) is 7.81. The summed E-state index contributed by atoms with van der Waals surface area (Å²) in [5, 5.41) is 0. The van der Waals surface area contributed by atoms with Gasteiger partial charge < -0.3 is 4.74 Å². The molecule has 3 rings (SSSR count). The molecule has 0 aliphatic heterocycles. The predicted octanol–water partition coefficient (Wildman–Crippen LogP) is 3.44. The third-order valence-corrected chi connectivity index (χ3v) is 5.62. The molecule has 1 aromatic carbocycles. The average Bonchev–Trinajstić information content (AvgIpc) is 3.12. The van der Waals surface area contributed by atoms with E-state index in [0.717, 1.165) is 25.7 Å². The van der Waals surface area contributed by atoms with Crippen LogP contribution in [0, 0.1) is 23.3 Å². The van der Waals surface area contributed by atoms with E-state index in [2.05, 4.69) is 4.98 Å². The number of pyridine rings is 1. The Morgan fingerprint density at radius 2 is 1.70 bits per heavy atom. The Morgan fingerprint density at radius 3 is 2.33 bits per heavy atom. The SMILES string of the molecule is O=S(=O)(NCc1ccnc(OC2CCCC2)c1)c1c(F)c(F)cc(F)c1F. The van der Waals surface area contributed by atoms with Crippen LogP contribution in [0.1, 0.15) is 31.2 Å². The molecule has 0 amide bonds. The molecule has 1 N–H and O–H groups in total. The third-order valence-electron chi connectivity index (χ3n) is 4.20. The molecule has 0 radical (unpaired) electrons. The highest BCUT2D eigenvalue weighted by Crippen LogP contribution is 2.25. The van der Waals surface area contributed by atoms with E-state index in [-0.39, 0.29) is 18.7 Å². The van der Waals surface area contributed by atoms with Gasteiger partial charge in [0.05, 0.1) is 0 Å². The normalized spacial score (nSPS) is 15.3. The fourth-order valence-electron chi connectivity index (χ4n) is 2.84. The number of ether oxygens (including phenoxy) is 1. The zero-order chi connectivity index (χ0) is 19.6. The van der Waals surface area contributed by atoms with Crippen molar-refractivity contribution in [2.45, 2.75) is 43.2 Å². The maximum atomic E-state index is 13.7. The molecule has 27 heavy (non-hydrogen) atoms. The molecule has 1 fully saturated rings. The summed E-state index contributed by atoms with van der Waals surface area (Å²) in [7, 11) is -4.84. The summed E-state index contributed by atoms with van der Waals surface area (Å²) in [5.41, 5.74) is 0.402. The number of halogens is 4. The zero-order valence-electron chi connectivity index (χ0n) is 14.0. The maximum absolute atomic E-state index is 13.7. The van der Waals surface area contributed by atoms with Gasteiger partial charge >= 0.3 is 0 Å². The summed E-state index contributed by atoms with van der Waals surface area (Å²) >= 11 is 0. The van der Waals surface area contributed by atoms with Crippen molar-refractivity contribution < 1.29 is 30.7 Å². The minimum Gasteiger partial charge on any atom is -0.474 e. The standard InChI is InChI=1S/C17H16F4N2O3S/c18-12-8-13(19)16(21)17(15(12)20)27(24,25)23-9-10-5-6-22-14(7-10)26-11-3-1-2-4-11/h5-8,11,23H,1-4,9H2. The summed E-state index contributed by atoms with van der Waals surface area (Å²) in [4.78, 5) is 2.34. The van der Waals surface area contributed by atoms with Gasteiger partial charge in [-0.3, -0.25) is 0 Å². The Hall–Kier alpha value is -2.20. The van der Waals surface area contributed by atoms with E-state index in [0.29, 0.717) is 11.4 Å². The van der Waals surface area contributed by atoms with Gasteiger partial charge in [-0.25, -0.2) is 35.7 Å². The molecule has 1 saturated carbocycles. The molecule has 10 heteroatoms. The Kier molecular flexibility index (Phi) is 5.66. The van der Waals surface area contributed by atoms with Crippen LogP contribution in [0.15, 0.2) is 29.3 Å². The Balaban J connectivity index is 1.76. The number of sulfonamides is 1. The summed E-state index contributed by atoms with van der Waals surface area (Å²) in [6, 6.07) is 2.90. The highest BCUT2D eigenvalue weighted by Gasteiger charge is 2.29. The Bertz CT molecular complexity index is 921. The largest absolute Gasteiger partial charge is 0.474 e. The van der Waals surface area contributed by atoms with Crippen LogP contribution in [0.4, 0.5) is 17.6 Å². The first-order valence-corrected chi connectivity index (χ1v) is 9.70. The second-order valence-corrected chi connectivity index (χ2v) is 7.85. The molecule has 1 aromatic heterocycles. The summed E-state index contributed by atoms with van der Waals surface area (Å²) in [5.74, 6) is -7.27. The molecule has 0 spiro atoms. The van der Waals surface area contributed by atoms with Crippen LogP contribution in [0.3, 0.4) is 0 Å². The van der Waals surface area contributed by atoms with E-state index in [1.54, 1.807) is 0 Å². The Morgan fingerprint density at radius 1 is 1.07 bits per heavy atom. The molecule has 0 atom stereocenters. The molecule has 0 unspecified atom stereocenters. The van der Waals surface area contributed by atoms with Gasteiger partial charge in [0.1, 0.15) is 6.10 Å². The number of aromatic nitrogens is 1. The van der Waals surface area contributed by atoms with Crippen LogP contribution < -0.4 is 9.46 Å². The van der Waals surface area contributed by atoms with Crippen molar-refractivity contribution in [2.24, 2.45) is 0 Å². The highest BCUT2D eigenvalue weighted by atomic mass is 32.2. The number of benzene rings is 1. The van der Waals surface area contributed by atoms with E-state index < -0.39 is 38.2 Å². The smallest absolute Gasteiger partial charge is 0.246 e. The summed E-state index contributed by atoms with van der Waals surface area (Å²) in [6.45, 7) is -0.372. The van der Waals surface area contributed by atoms with E-state index >= 15 is 0 Å². The summed E-state index contributed by atoms with van der Waals surface area (Å²) < 4.78 is 85.9. The lowest BCUT2D eigenvalue weighted by molar-refractivity contribution is 0.201. The molecule has 1 heterocycles. The van der Waals surface area contributed by atoms with Crippen molar-refractivity contribution in [3.63, 3.8) is 0 Å². The molecule has 146 valence electrons. The van der Waals surface area contributed by atoms with Crippen LogP contribution in [0.2, 0.25) is 0 Å². The molecular formula is C17H16F4N2O3S. The molecular weight excluding hydrogens is 388 g/mol. The molecule has 1 aliphatic rings. The summed E-state index contributed by atoms with van der Waals surface area (Å²) in [6.07, 6.45) is 5.38. The quantitative estimate of drug-likeness (QED) is 0.592. The van der Waals surface area contributed by atoms with Gasteiger partial charge in [0.25, 0.3) is 0 Å². The lowest BCUT2D eigenvalue weighted by Crippen LogP contribution is -2.26. The fraction of sp³-hybridized carbons (Fsp3) is 0.353. The van der Waals surface area contributed by atoms with Gasteiger partial charge in [-0.2, -0.15) is 0 Å². The van der Waals surface area contributed by atoms with E-state index in [1.807, 2.05) is 4.72 Å². The number of rotatable bonds is 6. The zero-order valence-corrected chi connectivity index (χ0v) is 14.8. The second-order valence-electron chi connectivity index (χ2n) is 6.15. The lowest BCUT2D eigenvalue weighted by atomic mass is 10.2. The van der Waals surface area contributed by atoms with Crippen molar-refractivity contribution in [3.05, 3.63) is 53.2 Å². The van der Waals surface area contributed by atoms with E-state index in [9.17, 15) is 26.0 Å². The van der Waals surface area contributed by atoms with Crippen LogP contribution in [-0.2, 0) is 16.6 Å². The van der Waals surface area contributed by atoms with Crippen LogP contribution in [0.5, 0.6) is 5.88 Å². The molecule has 0 bridgehead atoms. The first-order valence-electron chi connectivity index (χ1n) is 8.22. The van der Waals surface area contributed by atoms with E-state index in [1.165, 1.54) is 18.3 Å². The van der Waals surface area contributed by atoms with Crippen molar-refractivity contribution in [2.75, 3.05) is 0 Å².